The topological polar surface area (TPSA) is 86.9 Å². The van der Waals surface area contributed by atoms with Crippen molar-refractivity contribution in [2.45, 2.75) is 32.2 Å². The number of carbonyl (C=O) groups is 2. The summed E-state index contributed by atoms with van der Waals surface area (Å²) in [6.07, 6.45) is 4.06. The van der Waals surface area contributed by atoms with Crippen molar-refractivity contribution >= 4 is 23.4 Å². The van der Waals surface area contributed by atoms with E-state index in [1.165, 1.54) is 6.33 Å². The van der Waals surface area contributed by atoms with Gasteiger partial charge >= 0.3 is 0 Å². The van der Waals surface area contributed by atoms with Crippen LogP contribution in [0.2, 0.25) is 0 Å². The lowest BCUT2D eigenvalue weighted by Gasteiger charge is -2.37. The Bertz CT molecular complexity index is 898. The quantitative estimate of drug-likeness (QED) is 0.762. The van der Waals surface area contributed by atoms with Gasteiger partial charge in [-0.25, -0.2) is 4.98 Å². The van der Waals surface area contributed by atoms with Crippen LogP contribution in [-0.2, 0) is 9.59 Å². The number of fused-ring (bicyclic) bond motifs is 1. The summed E-state index contributed by atoms with van der Waals surface area (Å²) in [5.74, 6) is 1.65. The number of carbonyl (C=O) groups excluding carboxylic acids is 2. The smallest absolute Gasteiger partial charge is 0.254 e. The van der Waals surface area contributed by atoms with Crippen LogP contribution in [0.1, 0.15) is 25.0 Å². The van der Waals surface area contributed by atoms with Gasteiger partial charge in [0.1, 0.15) is 12.1 Å². The van der Waals surface area contributed by atoms with Crippen molar-refractivity contribution < 1.29 is 9.59 Å². The molecule has 0 radical (unpaired) electrons. The van der Waals surface area contributed by atoms with Crippen LogP contribution in [0.5, 0.6) is 0 Å². The van der Waals surface area contributed by atoms with Gasteiger partial charge in [-0.05, 0) is 19.8 Å². The number of rotatable bonds is 3. The third-order valence-electron chi connectivity index (χ3n) is 5.77. The van der Waals surface area contributed by atoms with Crippen molar-refractivity contribution in [3.05, 3.63) is 18.1 Å². The largest absolute Gasteiger partial charge is 0.353 e. The molecule has 9 heteroatoms. The molecule has 1 saturated carbocycles. The molecular formula is C18H23N7O2. The van der Waals surface area contributed by atoms with E-state index in [2.05, 4.69) is 20.0 Å². The SMILES string of the molecule is Cc1cc(N2CCN(C(=O)[C@H]3CC(=O)N(C4CC4)C3)CC2)n2ncnc2n1. The van der Waals surface area contributed by atoms with Gasteiger partial charge in [-0.3, -0.25) is 9.59 Å². The highest BCUT2D eigenvalue weighted by Crippen LogP contribution is 2.33. The standard InChI is InChI=1S/C18H23N7O2/c1-12-8-15(25-18(21-12)19-11-20-25)22-4-6-23(7-5-22)17(27)13-9-16(26)24(10-13)14-2-3-14/h8,11,13-14H,2-7,9-10H2,1H3/t13-/m0/s1. The van der Waals surface area contributed by atoms with Crippen molar-refractivity contribution in [3.63, 3.8) is 0 Å². The van der Waals surface area contributed by atoms with Crippen LogP contribution in [0.3, 0.4) is 0 Å². The van der Waals surface area contributed by atoms with E-state index >= 15 is 0 Å². The third-order valence-corrected chi connectivity index (χ3v) is 5.77. The van der Waals surface area contributed by atoms with E-state index in [1.54, 1.807) is 4.52 Å². The van der Waals surface area contributed by atoms with Crippen LogP contribution in [0.15, 0.2) is 12.4 Å². The Balaban J connectivity index is 1.25. The Kier molecular flexibility index (Phi) is 3.76. The number of piperazine rings is 1. The Morgan fingerprint density at radius 3 is 2.70 bits per heavy atom. The minimum absolute atomic E-state index is 0.128. The van der Waals surface area contributed by atoms with E-state index in [4.69, 9.17) is 0 Å². The third kappa shape index (κ3) is 2.90. The zero-order chi connectivity index (χ0) is 18.5. The van der Waals surface area contributed by atoms with E-state index in [1.807, 2.05) is 22.8 Å². The van der Waals surface area contributed by atoms with Crippen molar-refractivity contribution in [2.75, 3.05) is 37.6 Å². The van der Waals surface area contributed by atoms with E-state index in [0.717, 1.165) is 37.4 Å². The van der Waals surface area contributed by atoms with E-state index < -0.39 is 0 Å². The molecule has 9 nitrogen and oxygen atoms in total. The van der Waals surface area contributed by atoms with Gasteiger partial charge in [0.2, 0.25) is 11.8 Å². The van der Waals surface area contributed by atoms with Crippen molar-refractivity contribution in [1.29, 1.82) is 0 Å². The van der Waals surface area contributed by atoms with Gasteiger partial charge in [0.25, 0.3) is 5.78 Å². The van der Waals surface area contributed by atoms with Crippen LogP contribution in [0.25, 0.3) is 5.78 Å². The van der Waals surface area contributed by atoms with Gasteiger partial charge in [0.05, 0.1) is 5.92 Å². The molecule has 0 spiro atoms. The molecule has 0 unspecified atom stereocenters. The summed E-state index contributed by atoms with van der Waals surface area (Å²) in [7, 11) is 0. The van der Waals surface area contributed by atoms with Crippen molar-refractivity contribution in [1.82, 2.24) is 29.4 Å². The molecule has 2 amide bonds. The normalized spacial score (nSPS) is 23.5. The molecule has 4 heterocycles. The second-order valence-corrected chi connectivity index (χ2v) is 7.72. The van der Waals surface area contributed by atoms with Crippen molar-refractivity contribution in [2.24, 2.45) is 5.92 Å². The van der Waals surface area contributed by atoms with Crippen LogP contribution < -0.4 is 4.90 Å². The highest BCUT2D eigenvalue weighted by Gasteiger charge is 2.43. The van der Waals surface area contributed by atoms with Gasteiger partial charge in [-0.2, -0.15) is 14.6 Å². The maximum absolute atomic E-state index is 12.9. The maximum Gasteiger partial charge on any atom is 0.254 e. The zero-order valence-electron chi connectivity index (χ0n) is 15.4. The molecule has 1 atom stereocenters. The molecular weight excluding hydrogens is 346 g/mol. The molecule has 1 aliphatic carbocycles. The number of aromatic nitrogens is 4. The molecule has 5 rings (SSSR count). The summed E-state index contributed by atoms with van der Waals surface area (Å²) >= 11 is 0. The molecule has 2 aromatic rings. The Morgan fingerprint density at radius 1 is 1.19 bits per heavy atom. The first-order valence-corrected chi connectivity index (χ1v) is 9.61. The lowest BCUT2D eigenvalue weighted by molar-refractivity contribution is -0.136. The predicted octanol–water partition coefficient (Wildman–Crippen LogP) is 0.0922. The van der Waals surface area contributed by atoms with E-state index in [9.17, 15) is 9.59 Å². The molecule has 0 N–H and O–H groups in total. The summed E-state index contributed by atoms with van der Waals surface area (Å²) < 4.78 is 1.74. The fourth-order valence-electron chi connectivity index (χ4n) is 4.19. The summed E-state index contributed by atoms with van der Waals surface area (Å²) in [4.78, 5) is 39.6. The molecule has 0 bridgehead atoms. The molecule has 3 aliphatic rings. The number of hydrogen-bond donors (Lipinski definition) is 0. The minimum Gasteiger partial charge on any atom is -0.353 e. The highest BCUT2D eigenvalue weighted by atomic mass is 16.2. The Morgan fingerprint density at radius 2 is 1.96 bits per heavy atom. The average molecular weight is 369 g/mol. The minimum atomic E-state index is -0.171. The van der Waals surface area contributed by atoms with Crippen LogP contribution >= 0.6 is 0 Å². The van der Waals surface area contributed by atoms with Gasteiger partial charge in [0, 0.05) is 56.9 Å². The first-order chi connectivity index (χ1) is 13.1. The number of nitrogens with zero attached hydrogens (tertiary/aromatic N) is 7. The number of likely N-dealkylation sites (tertiary alicyclic amines) is 1. The molecule has 3 fully saturated rings. The molecule has 2 saturated heterocycles. The highest BCUT2D eigenvalue weighted by molar-refractivity contribution is 5.89. The number of aryl methyl sites for hydroxylation is 1. The zero-order valence-corrected chi connectivity index (χ0v) is 15.4. The molecule has 0 aromatic carbocycles. The first kappa shape index (κ1) is 16.5. The Hall–Kier alpha value is -2.71. The molecule has 2 aromatic heterocycles. The molecule has 27 heavy (non-hydrogen) atoms. The van der Waals surface area contributed by atoms with Crippen LogP contribution in [-0.4, -0.2) is 80.0 Å². The van der Waals surface area contributed by atoms with Gasteiger partial charge < -0.3 is 14.7 Å². The first-order valence-electron chi connectivity index (χ1n) is 9.61. The second kappa shape index (κ2) is 6.17. The van der Waals surface area contributed by atoms with E-state index in [0.29, 0.717) is 37.9 Å². The fraction of sp³-hybridized carbons (Fsp3) is 0.611. The average Bonchev–Trinajstić information content (AvgIpc) is 3.28. The summed E-state index contributed by atoms with van der Waals surface area (Å²) in [6.45, 7) is 5.33. The van der Waals surface area contributed by atoms with Gasteiger partial charge in [0.15, 0.2) is 0 Å². The van der Waals surface area contributed by atoms with Gasteiger partial charge in [-0.1, -0.05) is 0 Å². The number of hydrogen-bond acceptors (Lipinski definition) is 6. The predicted molar refractivity (Wildman–Crippen MR) is 97.2 cm³/mol. The van der Waals surface area contributed by atoms with Crippen molar-refractivity contribution in [3.8, 4) is 0 Å². The number of anilines is 1. The second-order valence-electron chi connectivity index (χ2n) is 7.72. The summed E-state index contributed by atoms with van der Waals surface area (Å²) in [6, 6.07) is 2.40. The Labute approximate surface area is 157 Å². The molecule has 2 aliphatic heterocycles. The van der Waals surface area contributed by atoms with Crippen LogP contribution in [0, 0.1) is 12.8 Å². The number of amides is 2. The van der Waals surface area contributed by atoms with Gasteiger partial charge in [-0.15, -0.1) is 0 Å². The fourth-order valence-corrected chi connectivity index (χ4v) is 4.19. The lowest BCUT2D eigenvalue weighted by Crippen LogP contribution is -2.51. The maximum atomic E-state index is 12.9. The monoisotopic (exact) mass is 369 g/mol. The lowest BCUT2D eigenvalue weighted by atomic mass is 10.1. The summed E-state index contributed by atoms with van der Waals surface area (Å²) in [5.41, 5.74) is 0.897. The molecule has 142 valence electrons. The van der Waals surface area contributed by atoms with E-state index in [-0.39, 0.29) is 17.7 Å². The van der Waals surface area contributed by atoms with Crippen LogP contribution in [0.4, 0.5) is 5.82 Å². The summed E-state index contributed by atoms with van der Waals surface area (Å²) in [5, 5.41) is 4.27.